The van der Waals surface area contributed by atoms with Gasteiger partial charge < -0.3 is 11.1 Å². The lowest BCUT2D eigenvalue weighted by molar-refractivity contribution is 0.102. The molecule has 3 N–H and O–H groups in total. The molecule has 3 rings (SSSR count). The number of rotatable bonds is 3. The van der Waals surface area contributed by atoms with Gasteiger partial charge in [-0.05, 0) is 37.6 Å². The van der Waals surface area contributed by atoms with Crippen LogP contribution in [0.4, 0.5) is 10.1 Å². The molecule has 2 heterocycles. The van der Waals surface area contributed by atoms with Crippen molar-refractivity contribution in [3.8, 4) is 0 Å². The molecule has 1 atom stereocenters. The lowest BCUT2D eigenvalue weighted by Crippen LogP contribution is -2.50. The summed E-state index contributed by atoms with van der Waals surface area (Å²) in [7, 11) is -2.50. The zero-order chi connectivity index (χ0) is 21.6. The average Bonchev–Trinajstić information content (AvgIpc) is 2.62. The van der Waals surface area contributed by atoms with E-state index in [9.17, 15) is 17.6 Å². The molecule has 0 fully saturated rings. The second-order valence-corrected chi connectivity index (χ2v) is 9.34. The average molecular weight is 440 g/mol. The third kappa shape index (κ3) is 4.03. The maximum absolute atomic E-state index is 14.5. The fraction of sp³-hybridized carbons (Fsp3) is 0.278. The van der Waals surface area contributed by atoms with E-state index < -0.39 is 33.0 Å². The van der Waals surface area contributed by atoms with Crippen molar-refractivity contribution in [3.05, 3.63) is 58.1 Å². The molecule has 0 radical (unpaired) electrons. The molecule has 8 nitrogen and oxygen atoms in total. The van der Waals surface area contributed by atoms with Gasteiger partial charge in [-0.1, -0.05) is 17.7 Å². The molecule has 0 unspecified atom stereocenters. The Morgan fingerprint density at radius 1 is 1.38 bits per heavy atom. The van der Waals surface area contributed by atoms with Crippen LogP contribution >= 0.6 is 11.6 Å². The van der Waals surface area contributed by atoms with Crippen LogP contribution in [0, 0.1) is 12.7 Å². The van der Waals surface area contributed by atoms with Crippen LogP contribution in [0.25, 0.3) is 0 Å². The minimum Gasteiger partial charge on any atom is -0.369 e. The Hall–Kier alpha value is -2.72. The van der Waals surface area contributed by atoms with Gasteiger partial charge in [-0.2, -0.15) is 0 Å². The fourth-order valence-electron chi connectivity index (χ4n) is 2.94. The van der Waals surface area contributed by atoms with Crippen LogP contribution < -0.4 is 11.1 Å². The zero-order valence-corrected chi connectivity index (χ0v) is 17.5. The van der Waals surface area contributed by atoms with Gasteiger partial charge in [-0.15, -0.1) is 0 Å². The van der Waals surface area contributed by atoms with Crippen molar-refractivity contribution in [1.82, 2.24) is 9.29 Å². The zero-order valence-electron chi connectivity index (χ0n) is 15.9. The van der Waals surface area contributed by atoms with Gasteiger partial charge in [0.2, 0.25) is 16.0 Å². The number of pyridine rings is 1. The highest BCUT2D eigenvalue weighted by molar-refractivity contribution is 7.89. The number of carbonyl (C=O) groups excluding carboxylic acids is 1. The van der Waals surface area contributed by atoms with Crippen LogP contribution in [0.3, 0.4) is 0 Å². The molecule has 0 bridgehead atoms. The van der Waals surface area contributed by atoms with Gasteiger partial charge in [-0.25, -0.2) is 22.1 Å². The van der Waals surface area contributed by atoms with Crippen LogP contribution in [-0.2, 0) is 15.6 Å². The van der Waals surface area contributed by atoms with Crippen molar-refractivity contribution < 1.29 is 17.6 Å². The fourth-order valence-corrected chi connectivity index (χ4v) is 4.70. The van der Waals surface area contributed by atoms with Gasteiger partial charge in [0.15, 0.2) is 0 Å². The smallest absolute Gasteiger partial charge is 0.274 e. The Morgan fingerprint density at radius 3 is 2.66 bits per heavy atom. The lowest BCUT2D eigenvalue weighted by atomic mass is 9.93. The van der Waals surface area contributed by atoms with Crippen molar-refractivity contribution in [2.24, 2.45) is 10.7 Å². The predicted molar refractivity (Wildman–Crippen MR) is 109 cm³/mol. The number of halogens is 2. The van der Waals surface area contributed by atoms with Gasteiger partial charge in [0.25, 0.3) is 5.91 Å². The van der Waals surface area contributed by atoms with E-state index in [0.29, 0.717) is 0 Å². The van der Waals surface area contributed by atoms with E-state index in [1.54, 1.807) is 6.07 Å². The number of nitrogens with two attached hydrogens (primary N) is 1. The number of aromatic nitrogens is 1. The van der Waals surface area contributed by atoms with E-state index in [0.717, 1.165) is 15.9 Å². The first-order chi connectivity index (χ1) is 13.4. The van der Waals surface area contributed by atoms with Gasteiger partial charge in [0.05, 0.1) is 10.8 Å². The number of nitrogens with one attached hydrogen (secondary N) is 1. The second-order valence-electron chi connectivity index (χ2n) is 6.96. The molecule has 0 saturated carbocycles. The molecule has 29 heavy (non-hydrogen) atoms. The number of carbonyl (C=O) groups is 1. The maximum Gasteiger partial charge on any atom is 0.274 e. The van der Waals surface area contributed by atoms with Crippen molar-refractivity contribution >= 4 is 39.2 Å². The summed E-state index contributed by atoms with van der Waals surface area (Å²) in [4.78, 5) is 20.6. The van der Waals surface area contributed by atoms with Crippen molar-refractivity contribution in [2.75, 3.05) is 18.1 Å². The van der Waals surface area contributed by atoms with E-state index >= 15 is 0 Å². The minimum atomic E-state index is -3.78. The summed E-state index contributed by atoms with van der Waals surface area (Å²) in [5.41, 5.74) is 5.51. The molecule has 0 aliphatic carbocycles. The molecule has 1 aromatic carbocycles. The van der Waals surface area contributed by atoms with Crippen LogP contribution in [0.2, 0.25) is 5.02 Å². The molecule has 11 heteroatoms. The standard InChI is InChI=1S/C18H19ClFN5O3S/c1-10-4-5-14(22-8-10)16(26)23-11-6-12(15(19)13(20)7-11)18(2)9-29(27,28)25(3)17(21)24-18/h4-8H,9H2,1-3H3,(H2,21,24)(H,23,26)/t18-/m0/s1. The van der Waals surface area contributed by atoms with E-state index in [4.69, 9.17) is 17.3 Å². The van der Waals surface area contributed by atoms with Crippen molar-refractivity contribution in [1.29, 1.82) is 0 Å². The monoisotopic (exact) mass is 439 g/mol. The molecule has 1 aromatic heterocycles. The Labute approximate surface area is 172 Å². The number of amides is 1. The number of nitrogens with zero attached hydrogens (tertiary/aromatic N) is 3. The number of guanidine groups is 1. The number of aliphatic imine (C=N–C) groups is 1. The van der Waals surface area contributed by atoms with Crippen LogP contribution in [0.5, 0.6) is 0 Å². The number of sulfonamides is 1. The lowest BCUT2D eigenvalue weighted by Gasteiger charge is -2.35. The first kappa shape index (κ1) is 21.0. The van der Waals surface area contributed by atoms with Crippen molar-refractivity contribution in [3.63, 3.8) is 0 Å². The first-order valence-corrected chi connectivity index (χ1v) is 10.5. The number of hydrogen-bond donors (Lipinski definition) is 2. The molecule has 1 aliphatic rings. The van der Waals surface area contributed by atoms with Gasteiger partial charge in [0, 0.05) is 24.5 Å². The third-order valence-electron chi connectivity index (χ3n) is 4.57. The second kappa shape index (κ2) is 7.27. The van der Waals surface area contributed by atoms with Crippen LogP contribution in [0.15, 0.2) is 35.5 Å². The minimum absolute atomic E-state index is 0.0839. The maximum atomic E-state index is 14.5. The Bertz CT molecular complexity index is 1120. The highest BCUT2D eigenvalue weighted by Crippen LogP contribution is 2.38. The van der Waals surface area contributed by atoms with E-state index in [2.05, 4.69) is 15.3 Å². The SMILES string of the molecule is Cc1ccc(C(=O)Nc2cc(F)c(Cl)c([C@]3(C)CS(=O)(=O)N(C)C(N)=N3)c2)nc1. The molecule has 1 aliphatic heterocycles. The Morgan fingerprint density at radius 2 is 2.07 bits per heavy atom. The molecular formula is C18H19ClFN5O3S. The number of anilines is 1. The first-order valence-electron chi connectivity index (χ1n) is 8.48. The summed E-state index contributed by atoms with van der Waals surface area (Å²) in [6.45, 7) is 3.32. The van der Waals surface area contributed by atoms with Gasteiger partial charge in [0.1, 0.15) is 17.1 Å². The van der Waals surface area contributed by atoms with Gasteiger partial charge in [-0.3, -0.25) is 9.78 Å². The van der Waals surface area contributed by atoms with Crippen molar-refractivity contribution in [2.45, 2.75) is 19.4 Å². The summed E-state index contributed by atoms with van der Waals surface area (Å²) in [6.07, 6.45) is 1.53. The van der Waals surface area contributed by atoms with Crippen LogP contribution in [0.1, 0.15) is 28.5 Å². The summed E-state index contributed by atoms with van der Waals surface area (Å²) in [5.74, 6) is -2.09. The molecule has 1 amide bonds. The molecule has 154 valence electrons. The Kier molecular flexibility index (Phi) is 5.26. The summed E-state index contributed by atoms with van der Waals surface area (Å²) >= 11 is 6.12. The quantitative estimate of drug-likeness (QED) is 0.760. The molecule has 0 spiro atoms. The summed E-state index contributed by atoms with van der Waals surface area (Å²) in [5, 5.41) is 2.25. The largest absolute Gasteiger partial charge is 0.369 e. The number of benzene rings is 1. The predicted octanol–water partition coefficient (Wildman–Crippen LogP) is 2.24. The summed E-state index contributed by atoms with van der Waals surface area (Å²) in [6, 6.07) is 5.68. The van der Waals surface area contributed by atoms with Crippen LogP contribution in [-0.4, -0.2) is 42.4 Å². The molecule has 0 saturated heterocycles. The van der Waals surface area contributed by atoms with E-state index in [-0.39, 0.29) is 27.9 Å². The number of aryl methyl sites for hydroxylation is 1. The summed E-state index contributed by atoms with van der Waals surface area (Å²) < 4.78 is 40.2. The van der Waals surface area contributed by atoms with Gasteiger partial charge >= 0.3 is 0 Å². The highest BCUT2D eigenvalue weighted by atomic mass is 35.5. The molecule has 2 aromatic rings. The third-order valence-corrected chi connectivity index (χ3v) is 6.91. The Balaban J connectivity index is 2.02. The molecular weight excluding hydrogens is 421 g/mol. The topological polar surface area (TPSA) is 118 Å². The normalized spacial score (nSPS) is 20.9. The number of hydrogen-bond acceptors (Lipinski definition) is 6. The van der Waals surface area contributed by atoms with E-state index in [1.807, 2.05) is 6.92 Å². The highest BCUT2D eigenvalue weighted by Gasteiger charge is 2.42. The van der Waals surface area contributed by atoms with E-state index in [1.165, 1.54) is 32.3 Å².